The van der Waals surface area contributed by atoms with Gasteiger partial charge in [-0.05, 0) is 42.9 Å². The third kappa shape index (κ3) is 3.09. The number of ether oxygens (including phenoxy) is 1. The lowest BCUT2D eigenvalue weighted by atomic mass is 9.91. The van der Waals surface area contributed by atoms with E-state index in [2.05, 4.69) is 12.1 Å². The Kier molecular flexibility index (Phi) is 4.18. The Balaban J connectivity index is 1.98. The van der Waals surface area contributed by atoms with Crippen molar-refractivity contribution in [1.29, 1.82) is 0 Å². The van der Waals surface area contributed by atoms with Gasteiger partial charge in [0.15, 0.2) is 0 Å². The highest BCUT2D eigenvalue weighted by Gasteiger charge is 2.13. The standard InChI is InChI=1S/C15H20O2/c1-2-13(16)10-11-17-15-9-5-7-12-6-3-4-8-14(12)15/h5,7,9H,2-4,6,8,10-11H2,1H3. The summed E-state index contributed by atoms with van der Waals surface area (Å²) in [7, 11) is 0. The molecule has 2 rings (SSSR count). The number of hydrogen-bond donors (Lipinski definition) is 0. The van der Waals surface area contributed by atoms with Gasteiger partial charge >= 0.3 is 0 Å². The third-order valence-electron chi connectivity index (χ3n) is 3.39. The molecule has 2 nitrogen and oxygen atoms in total. The Bertz CT molecular complexity index is 396. The van der Waals surface area contributed by atoms with Gasteiger partial charge in [-0.25, -0.2) is 0 Å². The normalized spacial score (nSPS) is 14.2. The monoisotopic (exact) mass is 232 g/mol. The molecule has 0 radical (unpaired) electrons. The molecule has 2 heteroatoms. The molecule has 0 atom stereocenters. The van der Waals surface area contributed by atoms with Crippen LogP contribution in [0.25, 0.3) is 0 Å². The van der Waals surface area contributed by atoms with Crippen molar-refractivity contribution in [2.45, 2.75) is 45.4 Å². The number of benzene rings is 1. The number of carbonyl (C=O) groups excluding carboxylic acids is 1. The number of hydrogen-bond acceptors (Lipinski definition) is 2. The lowest BCUT2D eigenvalue weighted by Crippen LogP contribution is -2.09. The first-order valence-corrected chi connectivity index (χ1v) is 6.56. The molecule has 1 aliphatic rings. The number of carbonyl (C=O) groups is 1. The molecule has 92 valence electrons. The number of ketones is 1. The van der Waals surface area contributed by atoms with Gasteiger partial charge in [-0.15, -0.1) is 0 Å². The highest BCUT2D eigenvalue weighted by molar-refractivity contribution is 5.78. The molecule has 1 aromatic rings. The molecule has 0 unspecified atom stereocenters. The van der Waals surface area contributed by atoms with Crippen molar-refractivity contribution < 1.29 is 9.53 Å². The molecule has 1 aliphatic carbocycles. The van der Waals surface area contributed by atoms with Crippen LogP contribution in [0.3, 0.4) is 0 Å². The van der Waals surface area contributed by atoms with E-state index in [0.717, 1.165) is 12.2 Å². The highest BCUT2D eigenvalue weighted by Crippen LogP contribution is 2.29. The second-order valence-electron chi connectivity index (χ2n) is 4.59. The van der Waals surface area contributed by atoms with Crippen LogP contribution in [0.15, 0.2) is 18.2 Å². The van der Waals surface area contributed by atoms with Crippen LogP contribution in [0.2, 0.25) is 0 Å². The first-order chi connectivity index (χ1) is 8.31. The fraction of sp³-hybridized carbons (Fsp3) is 0.533. The van der Waals surface area contributed by atoms with Crippen LogP contribution in [-0.2, 0) is 17.6 Å². The zero-order valence-electron chi connectivity index (χ0n) is 10.5. The van der Waals surface area contributed by atoms with Crippen LogP contribution in [-0.4, -0.2) is 12.4 Å². The Morgan fingerprint density at radius 1 is 1.29 bits per heavy atom. The Morgan fingerprint density at radius 2 is 2.12 bits per heavy atom. The second-order valence-corrected chi connectivity index (χ2v) is 4.59. The summed E-state index contributed by atoms with van der Waals surface area (Å²) in [4.78, 5) is 11.2. The maximum Gasteiger partial charge on any atom is 0.136 e. The van der Waals surface area contributed by atoms with E-state index in [9.17, 15) is 4.79 Å². The minimum Gasteiger partial charge on any atom is -0.493 e. The molecular weight excluding hydrogens is 212 g/mol. The summed E-state index contributed by atoms with van der Waals surface area (Å²) in [5.41, 5.74) is 2.79. The molecule has 0 aliphatic heterocycles. The zero-order chi connectivity index (χ0) is 12.1. The fourth-order valence-electron chi connectivity index (χ4n) is 2.33. The zero-order valence-corrected chi connectivity index (χ0v) is 10.5. The van der Waals surface area contributed by atoms with Crippen LogP contribution in [0.5, 0.6) is 5.75 Å². The third-order valence-corrected chi connectivity index (χ3v) is 3.39. The molecule has 0 saturated heterocycles. The smallest absolute Gasteiger partial charge is 0.136 e. The molecule has 17 heavy (non-hydrogen) atoms. The summed E-state index contributed by atoms with van der Waals surface area (Å²) in [6.07, 6.45) is 5.95. The van der Waals surface area contributed by atoms with Crippen LogP contribution in [0.4, 0.5) is 0 Å². The molecule has 0 bridgehead atoms. The number of fused-ring (bicyclic) bond motifs is 1. The molecule has 0 N–H and O–H groups in total. The lowest BCUT2D eigenvalue weighted by Gasteiger charge is -2.19. The van der Waals surface area contributed by atoms with E-state index in [-0.39, 0.29) is 5.78 Å². The van der Waals surface area contributed by atoms with Gasteiger partial charge in [-0.2, -0.15) is 0 Å². The van der Waals surface area contributed by atoms with Crippen molar-refractivity contribution in [2.24, 2.45) is 0 Å². The number of rotatable bonds is 5. The fourth-order valence-corrected chi connectivity index (χ4v) is 2.33. The van der Waals surface area contributed by atoms with Gasteiger partial charge in [0.1, 0.15) is 11.5 Å². The van der Waals surface area contributed by atoms with Gasteiger partial charge in [-0.1, -0.05) is 19.1 Å². The maximum absolute atomic E-state index is 11.2. The topological polar surface area (TPSA) is 26.3 Å². The van der Waals surface area contributed by atoms with E-state index in [1.807, 2.05) is 13.0 Å². The minimum absolute atomic E-state index is 0.273. The quantitative estimate of drug-likeness (QED) is 0.778. The van der Waals surface area contributed by atoms with Gasteiger partial charge in [0.05, 0.1) is 6.61 Å². The van der Waals surface area contributed by atoms with Crippen molar-refractivity contribution in [3.63, 3.8) is 0 Å². The van der Waals surface area contributed by atoms with Crippen molar-refractivity contribution in [2.75, 3.05) is 6.61 Å². The van der Waals surface area contributed by atoms with E-state index >= 15 is 0 Å². The van der Waals surface area contributed by atoms with Crippen molar-refractivity contribution in [3.05, 3.63) is 29.3 Å². The number of aryl methyl sites for hydroxylation is 1. The molecule has 0 spiro atoms. The summed E-state index contributed by atoms with van der Waals surface area (Å²) in [6, 6.07) is 6.28. The second kappa shape index (κ2) is 5.85. The molecule has 0 fully saturated rings. The van der Waals surface area contributed by atoms with Gasteiger partial charge in [0.2, 0.25) is 0 Å². The average Bonchev–Trinajstić information content (AvgIpc) is 2.39. The minimum atomic E-state index is 0.273. The van der Waals surface area contributed by atoms with E-state index < -0.39 is 0 Å². The van der Waals surface area contributed by atoms with E-state index in [1.54, 1.807) is 0 Å². The Labute approximate surface area is 103 Å². The van der Waals surface area contributed by atoms with Crippen LogP contribution >= 0.6 is 0 Å². The average molecular weight is 232 g/mol. The summed E-state index contributed by atoms with van der Waals surface area (Å²) < 4.78 is 5.76. The van der Waals surface area contributed by atoms with Crippen molar-refractivity contribution in [3.8, 4) is 5.75 Å². The van der Waals surface area contributed by atoms with Crippen LogP contribution < -0.4 is 4.74 Å². The van der Waals surface area contributed by atoms with Crippen molar-refractivity contribution in [1.82, 2.24) is 0 Å². The molecule has 1 aromatic carbocycles. The number of Topliss-reactive ketones (excluding diaryl/α,β-unsaturated/α-hetero) is 1. The SMILES string of the molecule is CCC(=O)CCOc1cccc2c1CCCC2. The largest absolute Gasteiger partial charge is 0.493 e. The summed E-state index contributed by atoms with van der Waals surface area (Å²) >= 11 is 0. The molecular formula is C15H20O2. The van der Waals surface area contributed by atoms with E-state index in [1.165, 1.54) is 30.4 Å². The molecule has 0 amide bonds. The molecule has 0 saturated carbocycles. The van der Waals surface area contributed by atoms with Gasteiger partial charge in [-0.3, -0.25) is 4.79 Å². The Hall–Kier alpha value is -1.31. The maximum atomic E-state index is 11.2. The van der Waals surface area contributed by atoms with Crippen LogP contribution in [0, 0.1) is 0 Å². The summed E-state index contributed by atoms with van der Waals surface area (Å²) in [5, 5.41) is 0. The summed E-state index contributed by atoms with van der Waals surface area (Å²) in [6.45, 7) is 2.41. The van der Waals surface area contributed by atoms with Gasteiger partial charge in [0, 0.05) is 12.8 Å². The van der Waals surface area contributed by atoms with Gasteiger partial charge < -0.3 is 4.74 Å². The van der Waals surface area contributed by atoms with E-state index in [4.69, 9.17) is 4.74 Å². The van der Waals surface area contributed by atoms with Crippen molar-refractivity contribution >= 4 is 5.78 Å². The predicted molar refractivity (Wildman–Crippen MR) is 68.5 cm³/mol. The van der Waals surface area contributed by atoms with E-state index in [0.29, 0.717) is 19.4 Å². The van der Waals surface area contributed by atoms with Crippen LogP contribution in [0.1, 0.15) is 43.7 Å². The first kappa shape index (κ1) is 12.2. The highest BCUT2D eigenvalue weighted by atomic mass is 16.5. The summed E-state index contributed by atoms with van der Waals surface area (Å²) in [5.74, 6) is 1.26. The van der Waals surface area contributed by atoms with Gasteiger partial charge in [0.25, 0.3) is 0 Å². The lowest BCUT2D eigenvalue weighted by molar-refractivity contribution is -0.119. The Morgan fingerprint density at radius 3 is 2.94 bits per heavy atom. The molecule has 0 heterocycles. The molecule has 0 aromatic heterocycles. The first-order valence-electron chi connectivity index (χ1n) is 6.56. The predicted octanol–water partition coefficient (Wildman–Crippen LogP) is 3.31.